The zero-order chi connectivity index (χ0) is 8.27. The SMILES string of the molecule is CSCCn1nc(Cl)sc1=O. The van der Waals surface area contributed by atoms with Gasteiger partial charge in [0.1, 0.15) is 0 Å². The second-order valence-electron chi connectivity index (χ2n) is 1.84. The summed E-state index contributed by atoms with van der Waals surface area (Å²) >= 11 is 8.17. The van der Waals surface area contributed by atoms with Crippen molar-refractivity contribution in [2.24, 2.45) is 0 Å². The highest BCUT2D eigenvalue weighted by molar-refractivity contribution is 7.98. The van der Waals surface area contributed by atoms with Gasteiger partial charge in [0.25, 0.3) is 0 Å². The van der Waals surface area contributed by atoms with Crippen molar-refractivity contribution < 1.29 is 0 Å². The van der Waals surface area contributed by atoms with E-state index in [1.165, 1.54) is 4.68 Å². The summed E-state index contributed by atoms with van der Waals surface area (Å²) in [5.74, 6) is 0.889. The van der Waals surface area contributed by atoms with Crippen LogP contribution in [0.4, 0.5) is 0 Å². The molecule has 62 valence electrons. The van der Waals surface area contributed by atoms with E-state index < -0.39 is 0 Å². The van der Waals surface area contributed by atoms with E-state index in [-0.39, 0.29) is 4.87 Å². The van der Waals surface area contributed by atoms with Gasteiger partial charge in [-0.3, -0.25) is 4.79 Å². The van der Waals surface area contributed by atoms with E-state index in [1.54, 1.807) is 11.8 Å². The molecule has 1 aromatic heterocycles. The summed E-state index contributed by atoms with van der Waals surface area (Å²) in [5, 5.41) is 3.82. The molecule has 6 heteroatoms. The van der Waals surface area contributed by atoms with Crippen LogP contribution in [-0.2, 0) is 6.54 Å². The number of halogens is 1. The number of nitrogens with zero attached hydrogens (tertiary/aromatic N) is 2. The van der Waals surface area contributed by atoms with Gasteiger partial charge in [-0.15, -0.1) is 5.10 Å². The molecule has 1 rings (SSSR count). The van der Waals surface area contributed by atoms with Gasteiger partial charge in [0, 0.05) is 5.75 Å². The normalized spacial score (nSPS) is 10.4. The number of rotatable bonds is 3. The van der Waals surface area contributed by atoms with Gasteiger partial charge in [0.2, 0.25) is 4.47 Å². The van der Waals surface area contributed by atoms with E-state index in [0.717, 1.165) is 17.1 Å². The molecule has 0 saturated heterocycles. The molecule has 0 unspecified atom stereocenters. The fourth-order valence-electron chi connectivity index (χ4n) is 0.600. The van der Waals surface area contributed by atoms with Crippen molar-refractivity contribution in [2.75, 3.05) is 12.0 Å². The fraction of sp³-hybridized carbons (Fsp3) is 0.600. The van der Waals surface area contributed by atoms with Crippen molar-refractivity contribution in [1.29, 1.82) is 0 Å². The van der Waals surface area contributed by atoms with Crippen LogP contribution < -0.4 is 4.87 Å². The summed E-state index contributed by atoms with van der Waals surface area (Å²) in [7, 11) is 0. The van der Waals surface area contributed by atoms with Gasteiger partial charge in [0.15, 0.2) is 0 Å². The predicted octanol–water partition coefficient (Wildman–Crippen LogP) is 1.32. The predicted molar refractivity (Wildman–Crippen MR) is 49.8 cm³/mol. The highest BCUT2D eigenvalue weighted by Gasteiger charge is 2.01. The van der Waals surface area contributed by atoms with Gasteiger partial charge in [-0.25, -0.2) is 4.68 Å². The Bertz CT molecular complexity index is 282. The molecule has 3 nitrogen and oxygen atoms in total. The number of aromatic nitrogens is 2. The van der Waals surface area contributed by atoms with Crippen LogP contribution >= 0.6 is 34.7 Å². The molecular weight excluding hydrogens is 204 g/mol. The van der Waals surface area contributed by atoms with Crippen LogP contribution in [0, 0.1) is 0 Å². The average Bonchev–Trinajstić information content (AvgIpc) is 2.26. The first-order chi connectivity index (χ1) is 5.24. The molecule has 0 spiro atoms. The molecule has 0 aliphatic heterocycles. The third-order valence-electron chi connectivity index (χ3n) is 1.09. The minimum Gasteiger partial charge on any atom is -0.255 e. The van der Waals surface area contributed by atoms with E-state index in [4.69, 9.17) is 11.6 Å². The zero-order valence-corrected chi connectivity index (χ0v) is 8.30. The quantitative estimate of drug-likeness (QED) is 0.755. The molecule has 0 aromatic carbocycles. The van der Waals surface area contributed by atoms with Crippen molar-refractivity contribution in [1.82, 2.24) is 9.78 Å². The Labute approximate surface area is 77.4 Å². The van der Waals surface area contributed by atoms with Gasteiger partial charge >= 0.3 is 4.87 Å². The Morgan fingerprint density at radius 1 is 1.82 bits per heavy atom. The highest BCUT2D eigenvalue weighted by atomic mass is 35.5. The summed E-state index contributed by atoms with van der Waals surface area (Å²) in [6, 6.07) is 0. The first-order valence-electron chi connectivity index (χ1n) is 2.96. The molecule has 1 aromatic rings. The van der Waals surface area contributed by atoms with E-state index >= 15 is 0 Å². The van der Waals surface area contributed by atoms with E-state index in [1.807, 2.05) is 6.26 Å². The molecule has 0 radical (unpaired) electrons. The Morgan fingerprint density at radius 3 is 3.00 bits per heavy atom. The Kier molecular flexibility index (Phi) is 3.42. The summed E-state index contributed by atoms with van der Waals surface area (Å²) in [6.07, 6.45) is 1.99. The lowest BCUT2D eigenvalue weighted by Crippen LogP contribution is -2.15. The topological polar surface area (TPSA) is 34.9 Å². The Hall–Kier alpha value is -0.0000000000000000555. The first kappa shape index (κ1) is 9.09. The van der Waals surface area contributed by atoms with Crippen molar-refractivity contribution in [3.05, 3.63) is 14.1 Å². The molecule has 0 fully saturated rings. The molecule has 0 aliphatic rings. The van der Waals surface area contributed by atoms with Gasteiger partial charge in [-0.2, -0.15) is 11.8 Å². The minimum atomic E-state index is -0.0796. The first-order valence-corrected chi connectivity index (χ1v) is 5.55. The second-order valence-corrected chi connectivity index (χ2v) is 4.34. The maximum atomic E-state index is 11.0. The monoisotopic (exact) mass is 210 g/mol. The smallest absolute Gasteiger partial charge is 0.255 e. The van der Waals surface area contributed by atoms with Crippen LogP contribution in [0.1, 0.15) is 0 Å². The van der Waals surface area contributed by atoms with Gasteiger partial charge in [-0.1, -0.05) is 0 Å². The lowest BCUT2D eigenvalue weighted by atomic mass is 10.8. The Balaban J connectivity index is 2.70. The summed E-state index contributed by atoms with van der Waals surface area (Å²) in [5.41, 5.74) is 0. The summed E-state index contributed by atoms with van der Waals surface area (Å²) in [4.78, 5) is 10.9. The van der Waals surface area contributed by atoms with Crippen LogP contribution in [0.15, 0.2) is 4.79 Å². The van der Waals surface area contributed by atoms with Crippen molar-refractivity contribution >= 4 is 34.7 Å². The summed E-state index contributed by atoms with van der Waals surface area (Å²) in [6.45, 7) is 0.642. The van der Waals surface area contributed by atoms with Crippen LogP contribution in [0.2, 0.25) is 4.47 Å². The fourth-order valence-corrected chi connectivity index (χ4v) is 1.77. The standard InChI is InChI=1S/C5H7ClN2OS2/c1-10-3-2-8-5(9)11-4(6)7-8/h2-3H2,1H3. The van der Waals surface area contributed by atoms with Crippen molar-refractivity contribution in [2.45, 2.75) is 6.54 Å². The number of hydrogen-bond donors (Lipinski definition) is 0. The third-order valence-corrected chi connectivity index (χ3v) is 2.62. The van der Waals surface area contributed by atoms with Crippen LogP contribution in [0.25, 0.3) is 0 Å². The number of aryl methyl sites for hydroxylation is 1. The third kappa shape index (κ3) is 2.50. The molecular formula is C5H7ClN2OS2. The zero-order valence-electron chi connectivity index (χ0n) is 5.91. The van der Waals surface area contributed by atoms with Crippen LogP contribution in [0.3, 0.4) is 0 Å². The summed E-state index contributed by atoms with van der Waals surface area (Å²) < 4.78 is 1.71. The maximum absolute atomic E-state index is 11.0. The molecule has 11 heavy (non-hydrogen) atoms. The second kappa shape index (κ2) is 4.13. The van der Waals surface area contributed by atoms with Crippen LogP contribution in [-0.4, -0.2) is 21.8 Å². The highest BCUT2D eigenvalue weighted by Crippen LogP contribution is 2.05. The molecule has 0 N–H and O–H groups in total. The van der Waals surface area contributed by atoms with Crippen LogP contribution in [0.5, 0.6) is 0 Å². The molecule has 0 aliphatic carbocycles. The van der Waals surface area contributed by atoms with E-state index in [0.29, 0.717) is 11.0 Å². The molecule has 0 atom stereocenters. The van der Waals surface area contributed by atoms with E-state index in [2.05, 4.69) is 5.10 Å². The van der Waals surface area contributed by atoms with Crippen molar-refractivity contribution in [3.63, 3.8) is 0 Å². The lowest BCUT2D eigenvalue weighted by molar-refractivity contribution is 0.647. The van der Waals surface area contributed by atoms with Crippen molar-refractivity contribution in [3.8, 4) is 0 Å². The minimum absolute atomic E-state index is 0.0796. The average molecular weight is 211 g/mol. The molecule has 1 heterocycles. The number of thioether (sulfide) groups is 1. The molecule has 0 amide bonds. The van der Waals surface area contributed by atoms with E-state index in [9.17, 15) is 4.79 Å². The van der Waals surface area contributed by atoms with Gasteiger partial charge < -0.3 is 0 Å². The lowest BCUT2D eigenvalue weighted by Gasteiger charge is -1.94. The molecule has 0 bridgehead atoms. The van der Waals surface area contributed by atoms with Gasteiger partial charge in [0.05, 0.1) is 6.54 Å². The maximum Gasteiger partial charge on any atom is 0.326 e. The molecule has 0 saturated carbocycles. The largest absolute Gasteiger partial charge is 0.326 e. The Morgan fingerprint density at radius 2 is 2.55 bits per heavy atom. The van der Waals surface area contributed by atoms with Gasteiger partial charge in [-0.05, 0) is 29.2 Å². The number of hydrogen-bond acceptors (Lipinski definition) is 4.